The number of hydrogen-bond acceptors (Lipinski definition) is 4. The smallest absolute Gasteiger partial charge is 0.175 e. The third kappa shape index (κ3) is 2.00. The van der Waals surface area contributed by atoms with E-state index < -0.39 is 5.82 Å². The van der Waals surface area contributed by atoms with Crippen molar-refractivity contribution in [1.29, 1.82) is 0 Å². The van der Waals surface area contributed by atoms with Crippen LogP contribution in [0.5, 0.6) is 5.75 Å². The highest BCUT2D eigenvalue weighted by molar-refractivity contribution is 9.10. The van der Waals surface area contributed by atoms with E-state index in [1.165, 1.54) is 13.2 Å². The van der Waals surface area contributed by atoms with Gasteiger partial charge in [0.2, 0.25) is 0 Å². The molecule has 0 saturated carbocycles. The van der Waals surface area contributed by atoms with E-state index in [-0.39, 0.29) is 17.1 Å². The van der Waals surface area contributed by atoms with Crippen LogP contribution in [0.3, 0.4) is 0 Å². The van der Waals surface area contributed by atoms with Crippen molar-refractivity contribution in [3.05, 3.63) is 28.0 Å². The molecule has 1 aromatic heterocycles. The van der Waals surface area contributed by atoms with Gasteiger partial charge in [0.05, 0.1) is 17.1 Å². The van der Waals surface area contributed by atoms with Crippen LogP contribution in [-0.4, -0.2) is 12.3 Å². The molecule has 0 amide bonds. The minimum Gasteiger partial charge on any atom is -0.496 e. The Bertz CT molecular complexity index is 569. The summed E-state index contributed by atoms with van der Waals surface area (Å²) in [6.45, 7) is 1.81. The van der Waals surface area contributed by atoms with Gasteiger partial charge >= 0.3 is 0 Å². The highest BCUT2D eigenvalue weighted by atomic mass is 79.9. The van der Waals surface area contributed by atoms with E-state index >= 15 is 0 Å². The zero-order valence-electron chi connectivity index (χ0n) is 9.25. The first-order valence-corrected chi connectivity index (χ1v) is 5.59. The second-order valence-corrected chi connectivity index (χ2v) is 4.37. The molecule has 1 heterocycles. The van der Waals surface area contributed by atoms with Crippen LogP contribution in [0, 0.1) is 12.7 Å². The molecule has 0 unspecified atom stereocenters. The lowest BCUT2D eigenvalue weighted by Crippen LogP contribution is -1.95. The molecule has 0 radical (unpaired) electrons. The molecule has 0 saturated heterocycles. The van der Waals surface area contributed by atoms with E-state index in [0.29, 0.717) is 10.2 Å². The predicted molar refractivity (Wildman–Crippen MR) is 65.3 cm³/mol. The molecule has 0 bridgehead atoms. The van der Waals surface area contributed by atoms with Gasteiger partial charge in [-0.05, 0) is 34.5 Å². The maximum atomic E-state index is 14.1. The lowest BCUT2D eigenvalue weighted by Gasteiger charge is -2.11. The summed E-state index contributed by atoms with van der Waals surface area (Å²) in [6.07, 6.45) is 0. The zero-order chi connectivity index (χ0) is 12.6. The van der Waals surface area contributed by atoms with Gasteiger partial charge in [0, 0.05) is 6.07 Å². The summed E-state index contributed by atoms with van der Waals surface area (Å²) < 4.78 is 24.6. The van der Waals surface area contributed by atoms with Gasteiger partial charge in [-0.1, -0.05) is 5.16 Å². The molecule has 4 nitrogen and oxygen atoms in total. The number of hydrogen-bond donors (Lipinski definition) is 1. The van der Waals surface area contributed by atoms with Gasteiger partial charge in [0.1, 0.15) is 5.75 Å². The van der Waals surface area contributed by atoms with Crippen LogP contribution in [0.15, 0.2) is 21.1 Å². The molecule has 1 aromatic carbocycles. The predicted octanol–water partition coefficient (Wildman–Crippen LogP) is 3.14. The molecule has 6 heteroatoms. The van der Waals surface area contributed by atoms with Crippen LogP contribution < -0.4 is 10.5 Å². The number of anilines is 1. The molecule has 2 rings (SSSR count). The molecule has 17 heavy (non-hydrogen) atoms. The summed E-state index contributed by atoms with van der Waals surface area (Å²) >= 11 is 3.14. The average Bonchev–Trinajstić information content (AvgIpc) is 2.69. The fourth-order valence-electron chi connectivity index (χ4n) is 1.63. The fraction of sp³-hybridized carbons (Fsp3) is 0.182. The minimum absolute atomic E-state index is 0.194. The maximum Gasteiger partial charge on any atom is 0.175 e. The van der Waals surface area contributed by atoms with Gasteiger partial charge in [-0.15, -0.1) is 0 Å². The average molecular weight is 301 g/mol. The Morgan fingerprint density at radius 2 is 2.18 bits per heavy atom. The van der Waals surface area contributed by atoms with Gasteiger partial charge in [-0.2, -0.15) is 0 Å². The van der Waals surface area contributed by atoms with E-state index in [1.54, 1.807) is 6.07 Å². The molecule has 90 valence electrons. The van der Waals surface area contributed by atoms with Gasteiger partial charge in [-0.25, -0.2) is 4.39 Å². The Morgan fingerprint density at radius 1 is 1.47 bits per heavy atom. The second-order valence-electron chi connectivity index (χ2n) is 3.51. The Balaban J connectivity index is 2.74. The number of nitrogen functional groups attached to an aromatic ring is 1. The number of rotatable bonds is 2. The zero-order valence-corrected chi connectivity index (χ0v) is 10.8. The lowest BCUT2D eigenvalue weighted by molar-refractivity contribution is 0.399. The maximum absolute atomic E-state index is 14.1. The number of nitrogens with zero attached hydrogens (tertiary/aromatic N) is 1. The van der Waals surface area contributed by atoms with Crippen LogP contribution in [-0.2, 0) is 0 Å². The largest absolute Gasteiger partial charge is 0.496 e. The van der Waals surface area contributed by atoms with Gasteiger partial charge in [0.25, 0.3) is 0 Å². The molecule has 2 aromatic rings. The number of nitrogens with two attached hydrogens (primary N) is 1. The first-order chi connectivity index (χ1) is 8.04. The molecule has 0 aliphatic carbocycles. The van der Waals surface area contributed by atoms with Crippen LogP contribution in [0.25, 0.3) is 11.3 Å². The Morgan fingerprint density at radius 3 is 2.71 bits per heavy atom. The van der Waals surface area contributed by atoms with Gasteiger partial charge < -0.3 is 15.0 Å². The van der Waals surface area contributed by atoms with Crippen LogP contribution >= 0.6 is 15.9 Å². The van der Waals surface area contributed by atoms with E-state index in [0.717, 1.165) is 5.56 Å². The third-order valence-corrected chi connectivity index (χ3v) is 2.91. The quantitative estimate of drug-likeness (QED) is 0.925. The van der Waals surface area contributed by atoms with E-state index in [1.807, 2.05) is 6.92 Å². The molecule has 0 aliphatic heterocycles. The standard InChI is InChI=1S/C11H10BrFN2O2/c1-5-3-6(12)10(13)9(11(5)16-2)7-4-8(14)15-17-7/h3-4H,1-2H3,(H2,14,15). The minimum atomic E-state index is -0.469. The normalized spacial score (nSPS) is 10.6. The summed E-state index contributed by atoms with van der Waals surface area (Å²) in [5.41, 5.74) is 6.45. The van der Waals surface area contributed by atoms with Crippen molar-refractivity contribution in [2.75, 3.05) is 12.8 Å². The Labute approximate surface area is 106 Å². The summed E-state index contributed by atoms with van der Waals surface area (Å²) in [4.78, 5) is 0. The second kappa shape index (κ2) is 4.37. The monoisotopic (exact) mass is 300 g/mol. The van der Waals surface area contributed by atoms with Crippen LogP contribution in [0.4, 0.5) is 10.2 Å². The highest BCUT2D eigenvalue weighted by Crippen LogP contribution is 2.39. The summed E-state index contributed by atoms with van der Waals surface area (Å²) in [6, 6.07) is 3.09. The van der Waals surface area contributed by atoms with E-state index in [2.05, 4.69) is 21.1 Å². The van der Waals surface area contributed by atoms with Crippen molar-refractivity contribution in [2.45, 2.75) is 6.92 Å². The van der Waals surface area contributed by atoms with E-state index in [9.17, 15) is 4.39 Å². The lowest BCUT2D eigenvalue weighted by atomic mass is 10.1. The molecule has 0 fully saturated rings. The van der Waals surface area contributed by atoms with Crippen LogP contribution in [0.2, 0.25) is 0 Å². The first-order valence-electron chi connectivity index (χ1n) is 4.79. The first kappa shape index (κ1) is 11.9. The molecule has 0 atom stereocenters. The number of aryl methyl sites for hydroxylation is 1. The van der Waals surface area contributed by atoms with Gasteiger partial charge in [-0.3, -0.25) is 0 Å². The number of benzene rings is 1. The summed E-state index contributed by atoms with van der Waals surface area (Å²) in [5.74, 6) is 0.366. The molecule has 0 aliphatic rings. The number of halogens is 2. The number of methoxy groups -OCH3 is 1. The molecule has 0 spiro atoms. The van der Waals surface area contributed by atoms with E-state index in [4.69, 9.17) is 15.0 Å². The topological polar surface area (TPSA) is 61.3 Å². The Kier molecular flexibility index (Phi) is 3.06. The fourth-order valence-corrected chi connectivity index (χ4v) is 2.17. The molecular weight excluding hydrogens is 291 g/mol. The molecule has 2 N–H and O–H groups in total. The van der Waals surface area contributed by atoms with Gasteiger partial charge in [0.15, 0.2) is 17.4 Å². The van der Waals surface area contributed by atoms with Crippen molar-refractivity contribution in [3.8, 4) is 17.1 Å². The number of aromatic nitrogens is 1. The molecular formula is C11H10BrFN2O2. The SMILES string of the molecule is COc1c(C)cc(Br)c(F)c1-c1cc(N)no1. The number of ether oxygens (including phenoxy) is 1. The Hall–Kier alpha value is -1.56. The highest BCUT2D eigenvalue weighted by Gasteiger charge is 2.21. The van der Waals surface area contributed by atoms with Crippen molar-refractivity contribution < 1.29 is 13.7 Å². The summed E-state index contributed by atoms with van der Waals surface area (Å²) in [7, 11) is 1.47. The third-order valence-electron chi connectivity index (χ3n) is 2.34. The van der Waals surface area contributed by atoms with Crippen molar-refractivity contribution in [1.82, 2.24) is 5.16 Å². The van der Waals surface area contributed by atoms with Crippen molar-refractivity contribution in [2.24, 2.45) is 0 Å². The van der Waals surface area contributed by atoms with Crippen LogP contribution in [0.1, 0.15) is 5.56 Å². The van der Waals surface area contributed by atoms with Crippen molar-refractivity contribution >= 4 is 21.7 Å². The van der Waals surface area contributed by atoms with Crippen molar-refractivity contribution in [3.63, 3.8) is 0 Å². The summed E-state index contributed by atoms with van der Waals surface area (Å²) in [5, 5.41) is 3.53.